The van der Waals surface area contributed by atoms with Crippen LogP contribution in [-0.2, 0) is 10.4 Å². The van der Waals surface area contributed by atoms with Gasteiger partial charge < -0.3 is 4.74 Å². The van der Waals surface area contributed by atoms with Crippen molar-refractivity contribution >= 4 is 29.5 Å². The normalized spacial score (nSPS) is 16.6. The predicted molar refractivity (Wildman–Crippen MR) is 111 cm³/mol. The highest BCUT2D eigenvalue weighted by molar-refractivity contribution is 6.33. The Bertz CT molecular complexity index is 1160. The van der Waals surface area contributed by atoms with E-state index >= 15 is 0 Å². The number of rotatable bonds is 4. The van der Waals surface area contributed by atoms with Gasteiger partial charge in [0.1, 0.15) is 0 Å². The number of aryl methyl sites for hydroxylation is 2. The fourth-order valence-corrected chi connectivity index (χ4v) is 4.07. The molecule has 0 bridgehead atoms. The molecule has 182 valence electrons. The summed E-state index contributed by atoms with van der Waals surface area (Å²) in [6, 6.07) is 5.80. The lowest BCUT2D eigenvalue weighted by Crippen LogP contribution is -2.50. The molecule has 0 radical (unpaired) electrons. The second-order valence-corrected chi connectivity index (χ2v) is 8.17. The predicted octanol–water partition coefficient (Wildman–Crippen LogP) is 7.06. The smallest absolute Gasteiger partial charge is 0.435 e. The minimum absolute atomic E-state index is 0.0124. The van der Waals surface area contributed by atoms with Crippen LogP contribution in [0.15, 0.2) is 42.6 Å². The van der Waals surface area contributed by atoms with Crippen LogP contribution in [0, 0.1) is 13.8 Å². The fourth-order valence-electron chi connectivity index (χ4n) is 3.87. The van der Waals surface area contributed by atoms with Crippen molar-refractivity contribution in [3.63, 3.8) is 0 Å². The maximum Gasteiger partial charge on any atom is 0.435 e. The summed E-state index contributed by atoms with van der Waals surface area (Å²) in [5.74, 6) is -1.03. The van der Waals surface area contributed by atoms with Crippen molar-refractivity contribution in [1.29, 1.82) is 0 Å². The van der Waals surface area contributed by atoms with E-state index in [0.29, 0.717) is 23.4 Å². The van der Waals surface area contributed by atoms with Gasteiger partial charge in [-0.1, -0.05) is 17.7 Å². The van der Waals surface area contributed by atoms with Gasteiger partial charge in [-0.25, -0.2) is 9.18 Å². The molecule has 11 heteroatoms. The quantitative estimate of drug-likeness (QED) is 0.251. The van der Waals surface area contributed by atoms with Gasteiger partial charge in [0.2, 0.25) is 5.69 Å². The molecule has 0 saturated carbocycles. The van der Waals surface area contributed by atoms with Crippen molar-refractivity contribution in [1.82, 2.24) is 0 Å². The third kappa shape index (κ3) is 4.31. The van der Waals surface area contributed by atoms with Gasteiger partial charge in [0.15, 0.2) is 12.4 Å². The number of hydrogen-bond acceptors (Lipinski definition) is 2. The molecule has 3 nitrogen and oxygen atoms in total. The summed E-state index contributed by atoms with van der Waals surface area (Å²) < 4.78 is 99.7. The van der Waals surface area contributed by atoms with Crippen LogP contribution in [0.5, 0.6) is 0 Å². The molecular formula is C23H18ClF7NO2+. The second kappa shape index (κ2) is 8.72. The SMILES string of the molecule is COC(=O)c1cc(C2C=C[N+](c3c(C)cc(C(F)(C(F)(F)F)C(F)(F)F)cc3C)=C2)ccc1Cl. The summed E-state index contributed by atoms with van der Waals surface area (Å²) in [4.78, 5) is 11.9. The average Bonchev–Trinajstić information content (AvgIpc) is 3.20. The van der Waals surface area contributed by atoms with Crippen molar-refractivity contribution in [2.45, 2.75) is 37.8 Å². The molecular weight excluding hydrogens is 491 g/mol. The number of halogens is 8. The molecule has 0 N–H and O–H groups in total. The van der Waals surface area contributed by atoms with Crippen LogP contribution in [0.3, 0.4) is 0 Å². The Labute approximate surface area is 195 Å². The summed E-state index contributed by atoms with van der Waals surface area (Å²) in [5, 5.41) is 0.181. The summed E-state index contributed by atoms with van der Waals surface area (Å²) >= 11 is 6.03. The van der Waals surface area contributed by atoms with E-state index in [1.54, 1.807) is 24.6 Å². The Morgan fingerprint density at radius 3 is 2.03 bits per heavy atom. The highest BCUT2D eigenvalue weighted by Gasteiger charge is 2.73. The molecule has 0 aliphatic carbocycles. The maximum atomic E-state index is 14.5. The maximum absolute atomic E-state index is 14.5. The number of methoxy groups -OCH3 is 1. The molecule has 0 aromatic heterocycles. The first kappa shape index (κ1) is 25.7. The number of allylic oxidation sites excluding steroid dienone is 1. The van der Waals surface area contributed by atoms with Crippen molar-refractivity contribution in [3.8, 4) is 0 Å². The Kier molecular flexibility index (Phi) is 6.60. The Morgan fingerprint density at radius 2 is 1.53 bits per heavy atom. The van der Waals surface area contributed by atoms with Crippen LogP contribution in [0.2, 0.25) is 5.02 Å². The molecule has 1 unspecified atom stereocenters. The van der Waals surface area contributed by atoms with Crippen molar-refractivity contribution in [2.75, 3.05) is 7.11 Å². The molecule has 2 aromatic rings. The van der Waals surface area contributed by atoms with E-state index in [1.165, 1.54) is 37.7 Å². The minimum atomic E-state index is -6.19. The van der Waals surface area contributed by atoms with Crippen LogP contribution in [-0.4, -0.2) is 36.2 Å². The standard InChI is InChI=1S/C23H18ClF7NO2/c1-12-8-16(21(25,22(26,27)28)23(29,30)31)9-13(2)19(12)32-7-6-15(11-32)14-4-5-18(24)17(10-14)20(33)34-3/h4-11,15H,1-3H3/q+1. The molecule has 1 atom stereocenters. The van der Waals surface area contributed by atoms with Gasteiger partial charge in [0.25, 0.3) is 0 Å². The first-order valence-electron chi connectivity index (χ1n) is 9.75. The molecule has 1 aliphatic rings. The highest BCUT2D eigenvalue weighted by Crippen LogP contribution is 2.54. The third-order valence-electron chi connectivity index (χ3n) is 5.48. The summed E-state index contributed by atoms with van der Waals surface area (Å²) in [6.07, 6.45) is -7.45. The van der Waals surface area contributed by atoms with Crippen molar-refractivity contribution in [3.05, 3.63) is 75.4 Å². The molecule has 34 heavy (non-hydrogen) atoms. The number of nitrogens with zero attached hydrogens (tertiary/aromatic N) is 1. The summed E-state index contributed by atoms with van der Waals surface area (Å²) in [5.41, 5.74) is -5.93. The molecule has 1 heterocycles. The Balaban J connectivity index is 2.04. The molecule has 1 aliphatic heterocycles. The molecule has 0 saturated heterocycles. The number of carbonyl (C=O) groups is 1. The van der Waals surface area contributed by atoms with Gasteiger partial charge in [-0.15, -0.1) is 0 Å². The molecule has 0 amide bonds. The van der Waals surface area contributed by atoms with E-state index in [1.807, 2.05) is 0 Å². The largest absolute Gasteiger partial charge is 0.465 e. The number of alkyl halides is 7. The molecule has 0 spiro atoms. The topological polar surface area (TPSA) is 29.3 Å². The van der Waals surface area contributed by atoms with Crippen LogP contribution in [0.25, 0.3) is 0 Å². The minimum Gasteiger partial charge on any atom is -0.465 e. The van der Waals surface area contributed by atoms with Gasteiger partial charge in [-0.2, -0.15) is 30.9 Å². The van der Waals surface area contributed by atoms with Gasteiger partial charge in [0.05, 0.1) is 23.6 Å². The zero-order valence-electron chi connectivity index (χ0n) is 18.0. The number of benzene rings is 2. The van der Waals surface area contributed by atoms with Gasteiger partial charge in [-0.3, -0.25) is 0 Å². The summed E-state index contributed by atoms with van der Waals surface area (Å²) in [7, 11) is 1.20. The van der Waals surface area contributed by atoms with E-state index in [9.17, 15) is 35.5 Å². The van der Waals surface area contributed by atoms with Crippen molar-refractivity contribution in [2.24, 2.45) is 0 Å². The average molecular weight is 509 g/mol. The Hall–Kier alpha value is -2.88. The fraction of sp³-hybridized carbons (Fsp3) is 0.304. The first-order chi connectivity index (χ1) is 15.6. The molecule has 3 rings (SSSR count). The number of hydrogen-bond donors (Lipinski definition) is 0. The van der Waals surface area contributed by atoms with Gasteiger partial charge in [0, 0.05) is 16.7 Å². The lowest BCUT2D eigenvalue weighted by molar-refractivity contribution is -0.354. The van der Waals surface area contributed by atoms with Crippen LogP contribution in [0.4, 0.5) is 36.4 Å². The second-order valence-electron chi connectivity index (χ2n) is 7.77. The number of ether oxygens (including phenoxy) is 1. The van der Waals surface area contributed by atoms with E-state index in [4.69, 9.17) is 16.3 Å². The zero-order valence-corrected chi connectivity index (χ0v) is 18.7. The van der Waals surface area contributed by atoms with Crippen LogP contribution >= 0.6 is 11.6 Å². The molecule has 0 fully saturated rings. The Morgan fingerprint density at radius 1 is 0.971 bits per heavy atom. The van der Waals surface area contributed by atoms with E-state index < -0.39 is 29.6 Å². The van der Waals surface area contributed by atoms with Crippen LogP contribution < -0.4 is 0 Å². The number of carbonyl (C=O) groups excluding carboxylic acids is 1. The van der Waals surface area contributed by atoms with Gasteiger partial charge in [-0.05, 0) is 49.8 Å². The monoisotopic (exact) mass is 508 g/mol. The van der Waals surface area contributed by atoms with Crippen LogP contribution in [0.1, 0.15) is 38.5 Å². The van der Waals surface area contributed by atoms with E-state index in [2.05, 4.69) is 0 Å². The lowest BCUT2D eigenvalue weighted by atomic mass is 9.90. The van der Waals surface area contributed by atoms with E-state index in [-0.39, 0.29) is 27.6 Å². The first-order valence-corrected chi connectivity index (χ1v) is 10.1. The lowest BCUT2D eigenvalue weighted by Gasteiger charge is -2.30. The van der Waals surface area contributed by atoms with Gasteiger partial charge >= 0.3 is 24.0 Å². The summed E-state index contributed by atoms with van der Waals surface area (Å²) in [6.45, 7) is 2.59. The third-order valence-corrected chi connectivity index (χ3v) is 5.81. The zero-order chi connectivity index (χ0) is 25.6. The van der Waals surface area contributed by atoms with E-state index in [0.717, 1.165) is 0 Å². The highest BCUT2D eigenvalue weighted by atomic mass is 35.5. The van der Waals surface area contributed by atoms with Crippen molar-refractivity contribution < 1.29 is 44.8 Å². The molecule has 2 aromatic carbocycles. The number of esters is 1.